The summed E-state index contributed by atoms with van der Waals surface area (Å²) >= 11 is 0. The van der Waals surface area contributed by atoms with Crippen LogP contribution in [0, 0.1) is 22.7 Å². The topological polar surface area (TPSA) is 77.5 Å². The predicted octanol–water partition coefficient (Wildman–Crippen LogP) is 5.55. The highest BCUT2D eigenvalue weighted by atomic mass is 16.7. The third-order valence-corrected chi connectivity index (χ3v) is 11.6. The molecule has 0 aromatic heterocycles. The number of ether oxygens (including phenoxy) is 2. The van der Waals surface area contributed by atoms with Crippen LogP contribution in [-0.2, 0) is 30.1 Å². The smallest absolute Gasteiger partial charge is 0.457 e. The molecule has 2 bridgehead atoms. The fourth-order valence-corrected chi connectivity index (χ4v) is 9.34. The van der Waals surface area contributed by atoms with Gasteiger partial charge < -0.3 is 18.8 Å². The quantitative estimate of drug-likeness (QED) is 0.309. The predicted molar refractivity (Wildman–Crippen MR) is 161 cm³/mol. The Morgan fingerprint density at radius 3 is 2.52 bits per heavy atom. The van der Waals surface area contributed by atoms with Gasteiger partial charge in [0.05, 0.1) is 18.8 Å². The Hall–Kier alpha value is -2.10. The van der Waals surface area contributed by atoms with Crippen LogP contribution in [0.15, 0.2) is 30.3 Å². The number of hydrogen-bond acceptors (Lipinski definition) is 7. The van der Waals surface area contributed by atoms with Gasteiger partial charge in [-0.05, 0) is 89.1 Å². The van der Waals surface area contributed by atoms with E-state index in [2.05, 4.69) is 49.9 Å². The van der Waals surface area contributed by atoms with Gasteiger partial charge in [-0.2, -0.15) is 0 Å². The molecule has 3 saturated heterocycles. The SMILES string of the molecule is COC(=O)[C@H]1N(C(=O)OC(C)(C)C)C[C@@H]2N(Cc3ccccc3)CC[C@@]21CCCB1O[C@@H]2C[C@@H]3C[C@@H](C3(C)C)[C@]2(C)O1. The highest BCUT2D eigenvalue weighted by Gasteiger charge is 2.68. The molecule has 0 spiro atoms. The standard InChI is InChI=1S/C33H49BN2O6/c1-30(2,3)40-29(38)36-21-25-33(27(36)28(37)39-7,15-17-35(25)20-22-12-9-8-10-13-22)14-11-16-34-41-26-19-23-18-24(31(23,4)5)32(26,6)42-34/h8-10,12-13,23-27H,11,14-21H2,1-7H3/t23-,24-,25-,26+,27+,32-,33-/m0/s1. The molecule has 3 aliphatic heterocycles. The Balaban J connectivity index is 1.21. The fourth-order valence-electron chi connectivity index (χ4n) is 9.34. The molecule has 7 atom stereocenters. The maximum atomic E-state index is 13.5. The summed E-state index contributed by atoms with van der Waals surface area (Å²) < 4.78 is 24.4. The molecule has 0 unspecified atom stereocenters. The van der Waals surface area contributed by atoms with Crippen LogP contribution in [0.1, 0.15) is 79.2 Å². The van der Waals surface area contributed by atoms with Crippen LogP contribution in [0.2, 0.25) is 6.32 Å². The second-order valence-electron chi connectivity index (χ2n) is 15.3. The number of carbonyl (C=O) groups is 2. The van der Waals surface area contributed by atoms with Gasteiger partial charge in [0.15, 0.2) is 0 Å². The van der Waals surface area contributed by atoms with Crippen LogP contribution in [0.5, 0.6) is 0 Å². The maximum Gasteiger partial charge on any atom is 0.457 e. The van der Waals surface area contributed by atoms with E-state index in [0.717, 1.165) is 51.0 Å². The third-order valence-electron chi connectivity index (χ3n) is 11.6. The number of likely N-dealkylation sites (tertiary alicyclic amines) is 2. The number of benzene rings is 1. The number of rotatable bonds is 7. The van der Waals surface area contributed by atoms with Crippen molar-refractivity contribution in [3.05, 3.63) is 35.9 Å². The number of esters is 1. The van der Waals surface area contributed by atoms with Crippen molar-refractivity contribution in [2.45, 2.75) is 116 Å². The van der Waals surface area contributed by atoms with Crippen molar-refractivity contribution in [3.63, 3.8) is 0 Å². The molecule has 0 N–H and O–H groups in total. The Bertz CT molecular complexity index is 1190. The van der Waals surface area contributed by atoms with Crippen molar-refractivity contribution in [1.82, 2.24) is 9.80 Å². The van der Waals surface area contributed by atoms with Crippen molar-refractivity contribution in [2.24, 2.45) is 22.7 Å². The maximum absolute atomic E-state index is 13.5. The minimum atomic E-state index is -0.693. The van der Waals surface area contributed by atoms with E-state index in [9.17, 15) is 9.59 Å². The molecule has 7 rings (SSSR count). The normalized spacial score (nSPS) is 36.8. The second kappa shape index (κ2) is 10.5. The molecule has 8 nitrogen and oxygen atoms in total. The molecular weight excluding hydrogens is 531 g/mol. The first-order chi connectivity index (χ1) is 19.8. The lowest BCUT2D eigenvalue weighted by molar-refractivity contribution is -0.199. The van der Waals surface area contributed by atoms with E-state index >= 15 is 0 Å². The van der Waals surface area contributed by atoms with Gasteiger partial charge in [-0.1, -0.05) is 50.6 Å². The van der Waals surface area contributed by atoms with Crippen LogP contribution in [0.3, 0.4) is 0 Å². The zero-order chi connectivity index (χ0) is 30.1. The Labute approximate surface area is 251 Å². The molecule has 1 amide bonds. The number of carbonyl (C=O) groups excluding carboxylic acids is 2. The third kappa shape index (κ3) is 4.88. The molecule has 9 heteroatoms. The first kappa shape index (κ1) is 30.0. The van der Waals surface area contributed by atoms with Crippen LogP contribution >= 0.6 is 0 Å². The lowest BCUT2D eigenvalue weighted by Crippen LogP contribution is -2.65. The average Bonchev–Trinajstić information content (AvgIpc) is 3.55. The molecule has 230 valence electrons. The lowest BCUT2D eigenvalue weighted by atomic mass is 9.43. The molecule has 1 aromatic carbocycles. The highest BCUT2D eigenvalue weighted by molar-refractivity contribution is 6.45. The summed E-state index contributed by atoms with van der Waals surface area (Å²) in [6.07, 6.45) is 5.24. The summed E-state index contributed by atoms with van der Waals surface area (Å²) in [5.74, 6) is 0.887. The van der Waals surface area contributed by atoms with E-state index in [-0.39, 0.29) is 30.8 Å². The highest BCUT2D eigenvalue weighted by Crippen LogP contribution is 2.66. The van der Waals surface area contributed by atoms with Crippen molar-refractivity contribution in [2.75, 3.05) is 20.2 Å². The van der Waals surface area contributed by atoms with Crippen LogP contribution in [-0.4, -0.2) is 78.6 Å². The molecule has 3 heterocycles. The number of hydrogen-bond donors (Lipinski definition) is 0. The van der Waals surface area contributed by atoms with E-state index in [4.69, 9.17) is 18.8 Å². The van der Waals surface area contributed by atoms with Crippen molar-refractivity contribution >= 4 is 19.2 Å². The van der Waals surface area contributed by atoms with Gasteiger partial charge in [-0.3, -0.25) is 9.80 Å². The number of nitrogens with zero attached hydrogens (tertiary/aromatic N) is 2. The van der Waals surface area contributed by atoms with E-state index in [1.54, 1.807) is 4.90 Å². The van der Waals surface area contributed by atoms with E-state index in [1.165, 1.54) is 19.1 Å². The number of methoxy groups -OCH3 is 1. The molecule has 6 aliphatic rings. The summed E-state index contributed by atoms with van der Waals surface area (Å²) in [5.41, 5.74) is 0.218. The van der Waals surface area contributed by atoms with Crippen molar-refractivity contribution in [1.29, 1.82) is 0 Å². The van der Waals surface area contributed by atoms with Gasteiger partial charge >= 0.3 is 19.2 Å². The number of fused-ring (bicyclic) bond motifs is 1. The van der Waals surface area contributed by atoms with Crippen LogP contribution in [0.25, 0.3) is 0 Å². The minimum absolute atomic E-state index is 0.0212. The van der Waals surface area contributed by atoms with E-state index < -0.39 is 23.2 Å². The summed E-state index contributed by atoms with van der Waals surface area (Å²) in [6.45, 7) is 14.7. The zero-order valence-corrected chi connectivity index (χ0v) is 26.6. The van der Waals surface area contributed by atoms with Gasteiger partial charge in [0.25, 0.3) is 0 Å². The molecule has 0 radical (unpaired) electrons. The van der Waals surface area contributed by atoms with E-state index in [1.807, 2.05) is 26.8 Å². The zero-order valence-electron chi connectivity index (χ0n) is 26.6. The molecule has 3 aliphatic carbocycles. The summed E-state index contributed by atoms with van der Waals surface area (Å²) in [7, 11) is 1.19. The summed E-state index contributed by atoms with van der Waals surface area (Å²) in [4.78, 5) is 31.1. The second-order valence-corrected chi connectivity index (χ2v) is 15.3. The molecule has 6 fully saturated rings. The summed E-state index contributed by atoms with van der Waals surface area (Å²) in [6, 6.07) is 9.75. The average molecular weight is 581 g/mol. The Morgan fingerprint density at radius 1 is 1.12 bits per heavy atom. The van der Waals surface area contributed by atoms with Gasteiger partial charge in [0.1, 0.15) is 11.6 Å². The van der Waals surface area contributed by atoms with Gasteiger partial charge in [0, 0.05) is 24.5 Å². The van der Waals surface area contributed by atoms with Gasteiger partial charge in [-0.25, -0.2) is 9.59 Å². The van der Waals surface area contributed by atoms with Crippen LogP contribution in [0.4, 0.5) is 4.79 Å². The number of amides is 1. The summed E-state index contributed by atoms with van der Waals surface area (Å²) in [5, 5.41) is 0. The van der Waals surface area contributed by atoms with Crippen molar-refractivity contribution in [3.8, 4) is 0 Å². The first-order valence-electron chi connectivity index (χ1n) is 16.0. The van der Waals surface area contributed by atoms with Crippen LogP contribution < -0.4 is 0 Å². The molecule has 1 aromatic rings. The van der Waals surface area contributed by atoms with Crippen molar-refractivity contribution < 1.29 is 28.4 Å². The monoisotopic (exact) mass is 580 g/mol. The first-order valence-corrected chi connectivity index (χ1v) is 16.0. The Kier molecular flexibility index (Phi) is 7.50. The van der Waals surface area contributed by atoms with Gasteiger partial charge in [-0.15, -0.1) is 0 Å². The minimum Gasteiger partial charge on any atom is -0.467 e. The molecule has 3 saturated carbocycles. The van der Waals surface area contributed by atoms with Gasteiger partial charge in [0.2, 0.25) is 0 Å². The Morgan fingerprint density at radius 2 is 1.86 bits per heavy atom. The molecular formula is C33H49BN2O6. The fraction of sp³-hybridized carbons (Fsp3) is 0.758. The lowest BCUT2D eigenvalue weighted by Gasteiger charge is -2.64. The molecule has 42 heavy (non-hydrogen) atoms. The largest absolute Gasteiger partial charge is 0.467 e. The van der Waals surface area contributed by atoms with E-state index in [0.29, 0.717) is 17.9 Å².